The number of benzene rings is 3. The van der Waals surface area contributed by atoms with E-state index in [1.54, 1.807) is 13.8 Å². The van der Waals surface area contributed by atoms with Crippen molar-refractivity contribution in [1.29, 1.82) is 0 Å². The Morgan fingerprint density at radius 2 is 1.81 bits per heavy atom. The molecule has 1 aromatic heterocycles. The van der Waals surface area contributed by atoms with Gasteiger partial charge in [0.25, 0.3) is 0 Å². The molecule has 31 heavy (non-hydrogen) atoms. The first kappa shape index (κ1) is 21.6. The third kappa shape index (κ3) is 5.00. The number of oxazole rings is 1. The van der Waals surface area contributed by atoms with E-state index in [0.29, 0.717) is 23.6 Å². The number of aryl methyl sites for hydroxylation is 2. The van der Waals surface area contributed by atoms with Crippen LogP contribution in [0.25, 0.3) is 22.6 Å². The number of aliphatic hydroxyl groups is 1. The molecule has 0 saturated heterocycles. The summed E-state index contributed by atoms with van der Waals surface area (Å²) in [5.41, 5.74) is 4.33. The maximum Gasteiger partial charge on any atom is 0.227 e. The van der Waals surface area contributed by atoms with Crippen LogP contribution in [0.1, 0.15) is 37.0 Å². The van der Waals surface area contributed by atoms with Gasteiger partial charge in [-0.1, -0.05) is 46.3 Å². The number of aromatic nitrogens is 1. The van der Waals surface area contributed by atoms with Crippen LogP contribution in [0.2, 0.25) is 0 Å². The highest BCUT2D eigenvalue weighted by Crippen LogP contribution is 2.34. The number of rotatable bonds is 7. The van der Waals surface area contributed by atoms with E-state index in [1.807, 2.05) is 42.5 Å². The van der Waals surface area contributed by atoms with Crippen LogP contribution in [0.3, 0.4) is 0 Å². The fourth-order valence-electron chi connectivity index (χ4n) is 3.57. The molecule has 1 heterocycles. The monoisotopic (exact) mass is 479 g/mol. The second-order valence-electron chi connectivity index (χ2n) is 8.29. The molecule has 160 valence electrons. The van der Waals surface area contributed by atoms with E-state index in [4.69, 9.17) is 9.15 Å². The fraction of sp³-hybridized carbons (Fsp3) is 0.269. The maximum absolute atomic E-state index is 10.5. The van der Waals surface area contributed by atoms with Crippen molar-refractivity contribution >= 4 is 27.0 Å². The Balaban J connectivity index is 1.44. The molecule has 0 aliphatic heterocycles. The summed E-state index contributed by atoms with van der Waals surface area (Å²) in [4.78, 5) is 4.64. The molecule has 0 spiro atoms. The molecule has 4 nitrogen and oxygen atoms in total. The highest BCUT2D eigenvalue weighted by Gasteiger charge is 2.23. The Hall–Kier alpha value is -2.63. The molecule has 3 aromatic carbocycles. The summed E-state index contributed by atoms with van der Waals surface area (Å²) in [6, 6.07) is 20.1. The van der Waals surface area contributed by atoms with Gasteiger partial charge in [-0.05, 0) is 75.1 Å². The zero-order chi connectivity index (χ0) is 22.0. The van der Waals surface area contributed by atoms with Crippen molar-refractivity contribution in [1.82, 2.24) is 4.98 Å². The molecule has 0 aliphatic carbocycles. The summed E-state index contributed by atoms with van der Waals surface area (Å²) >= 11 is 3.50. The van der Waals surface area contributed by atoms with Gasteiger partial charge >= 0.3 is 0 Å². The van der Waals surface area contributed by atoms with Crippen LogP contribution in [-0.2, 0) is 12.0 Å². The number of ether oxygens (including phenoxy) is 1. The summed E-state index contributed by atoms with van der Waals surface area (Å²) in [5, 5.41) is 10.5. The number of fused-ring (bicyclic) bond motifs is 1. The minimum Gasteiger partial charge on any atom is -0.493 e. The minimum atomic E-state index is -1.02. The fourth-order valence-corrected chi connectivity index (χ4v) is 4.01. The largest absolute Gasteiger partial charge is 0.493 e. The lowest BCUT2D eigenvalue weighted by Crippen LogP contribution is -2.15. The third-order valence-electron chi connectivity index (χ3n) is 5.28. The van der Waals surface area contributed by atoms with Gasteiger partial charge in [0.05, 0.1) is 12.2 Å². The van der Waals surface area contributed by atoms with Gasteiger partial charge in [0.1, 0.15) is 11.3 Å². The molecule has 0 atom stereocenters. The van der Waals surface area contributed by atoms with Gasteiger partial charge in [0.2, 0.25) is 5.89 Å². The third-order valence-corrected chi connectivity index (χ3v) is 5.73. The first-order chi connectivity index (χ1) is 14.8. The Morgan fingerprint density at radius 1 is 1.06 bits per heavy atom. The van der Waals surface area contributed by atoms with Crippen LogP contribution in [0.4, 0.5) is 0 Å². The Morgan fingerprint density at radius 3 is 2.52 bits per heavy atom. The zero-order valence-electron chi connectivity index (χ0n) is 18.0. The van der Waals surface area contributed by atoms with E-state index in [2.05, 4.69) is 46.0 Å². The molecule has 0 saturated carbocycles. The van der Waals surface area contributed by atoms with E-state index in [1.165, 1.54) is 5.56 Å². The molecule has 0 unspecified atom stereocenters. The van der Waals surface area contributed by atoms with Crippen molar-refractivity contribution in [3.05, 3.63) is 81.8 Å². The Labute approximate surface area is 191 Å². The van der Waals surface area contributed by atoms with Crippen LogP contribution in [0, 0.1) is 6.92 Å². The topological polar surface area (TPSA) is 55.5 Å². The van der Waals surface area contributed by atoms with Gasteiger partial charge in [-0.15, -0.1) is 0 Å². The highest BCUT2D eigenvalue weighted by atomic mass is 79.9. The Kier molecular flexibility index (Phi) is 6.17. The first-order valence-corrected chi connectivity index (χ1v) is 11.2. The van der Waals surface area contributed by atoms with Crippen molar-refractivity contribution in [2.45, 2.75) is 39.2 Å². The molecular weight excluding hydrogens is 454 g/mol. The normalized spacial score (nSPS) is 11.8. The molecule has 0 amide bonds. The zero-order valence-corrected chi connectivity index (χ0v) is 19.6. The van der Waals surface area contributed by atoms with E-state index in [9.17, 15) is 5.11 Å². The lowest BCUT2D eigenvalue weighted by molar-refractivity contribution is 0.0791. The van der Waals surface area contributed by atoms with E-state index in [0.717, 1.165) is 39.7 Å². The van der Waals surface area contributed by atoms with Gasteiger partial charge in [0, 0.05) is 15.6 Å². The van der Waals surface area contributed by atoms with Crippen LogP contribution >= 0.6 is 15.9 Å². The van der Waals surface area contributed by atoms with Crippen LogP contribution in [-0.4, -0.2) is 16.7 Å². The molecule has 0 radical (unpaired) electrons. The van der Waals surface area contributed by atoms with E-state index < -0.39 is 5.60 Å². The second kappa shape index (κ2) is 8.85. The van der Waals surface area contributed by atoms with Gasteiger partial charge in [0.15, 0.2) is 5.58 Å². The Bertz CT molecular complexity index is 1190. The average Bonchev–Trinajstić information content (AvgIpc) is 3.15. The number of nitrogens with zero attached hydrogens (tertiary/aromatic N) is 1. The molecular formula is C26H26BrNO3. The van der Waals surface area contributed by atoms with Crippen molar-refractivity contribution in [3.63, 3.8) is 0 Å². The standard InChI is InChI=1S/C26H26BrNO3/c1-17-7-4-5-9-23(17)30-14-6-8-18-10-12-19(13-11-18)25-28-22-16-20(27)15-21(24(22)31-25)26(2,3)29/h4-5,7,9-13,15-16,29H,6,8,14H2,1-3H3. The molecule has 5 heteroatoms. The predicted molar refractivity (Wildman–Crippen MR) is 127 cm³/mol. The molecule has 4 aromatic rings. The number of para-hydroxylation sites is 1. The summed E-state index contributed by atoms with van der Waals surface area (Å²) < 4.78 is 12.8. The maximum atomic E-state index is 10.5. The molecule has 0 aliphatic rings. The van der Waals surface area contributed by atoms with Crippen molar-refractivity contribution < 1.29 is 14.3 Å². The van der Waals surface area contributed by atoms with Gasteiger partial charge in [-0.25, -0.2) is 4.98 Å². The van der Waals surface area contributed by atoms with Crippen LogP contribution in [0.5, 0.6) is 5.75 Å². The number of hydrogen-bond acceptors (Lipinski definition) is 4. The summed E-state index contributed by atoms with van der Waals surface area (Å²) in [7, 11) is 0. The lowest BCUT2D eigenvalue weighted by atomic mass is 9.98. The van der Waals surface area contributed by atoms with Crippen LogP contribution < -0.4 is 4.74 Å². The lowest BCUT2D eigenvalue weighted by Gasteiger charge is -2.17. The highest BCUT2D eigenvalue weighted by molar-refractivity contribution is 9.10. The minimum absolute atomic E-state index is 0.549. The average molecular weight is 480 g/mol. The molecule has 0 bridgehead atoms. The van der Waals surface area contributed by atoms with Gasteiger partial charge in [-0.3, -0.25) is 0 Å². The molecule has 0 fully saturated rings. The second-order valence-corrected chi connectivity index (χ2v) is 9.21. The number of hydrogen-bond donors (Lipinski definition) is 1. The summed E-state index contributed by atoms with van der Waals surface area (Å²) in [6.07, 6.45) is 1.88. The quantitative estimate of drug-likeness (QED) is 0.296. The van der Waals surface area contributed by atoms with Crippen molar-refractivity contribution in [2.24, 2.45) is 0 Å². The number of halogens is 1. The van der Waals surface area contributed by atoms with Crippen LogP contribution in [0.15, 0.2) is 69.6 Å². The van der Waals surface area contributed by atoms with Gasteiger partial charge in [-0.2, -0.15) is 0 Å². The first-order valence-electron chi connectivity index (χ1n) is 10.4. The van der Waals surface area contributed by atoms with E-state index in [-0.39, 0.29) is 0 Å². The van der Waals surface area contributed by atoms with Gasteiger partial charge < -0.3 is 14.3 Å². The molecule has 1 N–H and O–H groups in total. The summed E-state index contributed by atoms with van der Waals surface area (Å²) in [6.45, 7) is 6.23. The predicted octanol–water partition coefficient (Wildman–Crippen LogP) is 6.80. The smallest absolute Gasteiger partial charge is 0.227 e. The van der Waals surface area contributed by atoms with Crippen molar-refractivity contribution in [2.75, 3.05) is 6.61 Å². The SMILES string of the molecule is Cc1ccccc1OCCCc1ccc(-c2nc3cc(Br)cc(C(C)(C)O)c3o2)cc1. The summed E-state index contributed by atoms with van der Waals surface area (Å²) in [5.74, 6) is 1.50. The molecule has 4 rings (SSSR count). The van der Waals surface area contributed by atoms with Crippen molar-refractivity contribution in [3.8, 4) is 17.2 Å². The van der Waals surface area contributed by atoms with E-state index >= 15 is 0 Å².